The number of rotatable bonds is 15. The van der Waals surface area contributed by atoms with E-state index in [-0.39, 0.29) is 43.5 Å². The number of anilines is 1. The van der Waals surface area contributed by atoms with E-state index >= 15 is 0 Å². The van der Waals surface area contributed by atoms with Crippen LogP contribution in [0.15, 0.2) is 72.8 Å². The second-order valence-electron chi connectivity index (χ2n) is 14.4. The molecule has 4 aromatic rings. The van der Waals surface area contributed by atoms with Gasteiger partial charge in [-0.15, -0.1) is 0 Å². The zero-order chi connectivity index (χ0) is 38.6. The molecular weight excluding hydrogens is 748 g/mol. The molecule has 1 aromatic heterocycles. The lowest BCUT2D eigenvalue weighted by molar-refractivity contribution is -0.0577. The van der Waals surface area contributed by atoms with Gasteiger partial charge < -0.3 is 20.5 Å². The molecule has 53 heavy (non-hydrogen) atoms. The van der Waals surface area contributed by atoms with Gasteiger partial charge in [-0.25, -0.2) is 13.4 Å². The van der Waals surface area contributed by atoms with Crippen LogP contribution in [0, 0.1) is 0 Å². The van der Waals surface area contributed by atoms with Crippen LogP contribution in [0.25, 0.3) is 10.9 Å². The molecule has 1 aliphatic rings. The smallest absolute Gasteiger partial charge is 0.471 e. The third kappa shape index (κ3) is 10.1. The second-order valence-corrected chi connectivity index (χ2v) is 17.2. The van der Waals surface area contributed by atoms with E-state index in [1.807, 2.05) is 80.6 Å². The second kappa shape index (κ2) is 16.7. The number of ether oxygens (including phenoxy) is 2. The van der Waals surface area contributed by atoms with Crippen LogP contribution < -0.4 is 15.8 Å². The van der Waals surface area contributed by atoms with Gasteiger partial charge in [0.2, 0.25) is 5.88 Å². The number of nitrogens with two attached hydrogens (primary N) is 1. The molecule has 0 bridgehead atoms. The van der Waals surface area contributed by atoms with Gasteiger partial charge in [0.05, 0.1) is 17.7 Å². The van der Waals surface area contributed by atoms with Crippen LogP contribution in [-0.2, 0) is 14.8 Å². The summed E-state index contributed by atoms with van der Waals surface area (Å²) in [4.78, 5) is 4.89. The molecule has 3 N–H and O–H groups in total. The number of nitrogens with one attached hydrogen (secondary N) is 1. The van der Waals surface area contributed by atoms with E-state index in [2.05, 4.69) is 19.2 Å². The van der Waals surface area contributed by atoms with Crippen molar-refractivity contribution in [2.45, 2.75) is 88.5 Å². The van der Waals surface area contributed by atoms with Gasteiger partial charge in [0.1, 0.15) is 5.60 Å². The van der Waals surface area contributed by atoms with Crippen molar-refractivity contribution in [3.8, 4) is 5.88 Å². The van der Waals surface area contributed by atoms with Crippen molar-refractivity contribution < 1.29 is 31.1 Å². The Hall–Kier alpha value is -3.13. The first-order chi connectivity index (χ1) is 24.9. The number of sulfonamides is 1. The van der Waals surface area contributed by atoms with E-state index in [9.17, 15) is 21.6 Å². The Bertz CT molecular complexity index is 1910. The van der Waals surface area contributed by atoms with Crippen molar-refractivity contribution in [2.24, 2.45) is 5.73 Å². The van der Waals surface area contributed by atoms with Gasteiger partial charge in [0, 0.05) is 58.7 Å². The highest BCUT2D eigenvalue weighted by Gasteiger charge is 2.50. The van der Waals surface area contributed by atoms with Crippen LogP contribution >= 0.6 is 23.2 Å². The first-order valence-electron chi connectivity index (χ1n) is 17.8. The molecule has 1 fully saturated rings. The zero-order valence-electron chi connectivity index (χ0n) is 30.3. The van der Waals surface area contributed by atoms with Crippen LogP contribution in [0.4, 0.5) is 18.9 Å². The molecule has 0 spiro atoms. The van der Waals surface area contributed by atoms with E-state index in [1.165, 1.54) is 0 Å². The summed E-state index contributed by atoms with van der Waals surface area (Å²) in [6.07, 6.45) is 2.49. The quantitative estimate of drug-likeness (QED) is 0.116. The predicted octanol–water partition coefficient (Wildman–Crippen LogP) is 9.53. The number of pyridine rings is 1. The molecule has 8 nitrogen and oxygen atoms in total. The van der Waals surface area contributed by atoms with Crippen molar-refractivity contribution in [3.05, 3.63) is 99.5 Å². The van der Waals surface area contributed by atoms with E-state index in [4.69, 9.17) is 43.4 Å². The van der Waals surface area contributed by atoms with Gasteiger partial charge in [-0.05, 0) is 106 Å². The molecule has 2 heterocycles. The van der Waals surface area contributed by atoms with Crippen molar-refractivity contribution in [3.63, 3.8) is 0 Å². The third-order valence-corrected chi connectivity index (χ3v) is 12.1. The molecule has 0 saturated carbocycles. The number of halogens is 5. The Balaban J connectivity index is 1.50. The predicted molar refractivity (Wildman–Crippen MR) is 206 cm³/mol. The normalized spacial score (nSPS) is 16.2. The Morgan fingerprint density at radius 1 is 0.906 bits per heavy atom. The van der Waals surface area contributed by atoms with E-state index < -0.39 is 21.1 Å². The minimum Gasteiger partial charge on any atom is -0.471 e. The number of fused-ring (bicyclic) bond motifs is 1. The number of benzene rings is 3. The summed E-state index contributed by atoms with van der Waals surface area (Å²) >= 11 is 12.5. The molecule has 1 aliphatic heterocycles. The summed E-state index contributed by atoms with van der Waals surface area (Å²) in [5, 5.41) is 5.51. The number of alkyl halides is 3. The zero-order valence-corrected chi connectivity index (χ0v) is 32.7. The molecule has 0 aliphatic carbocycles. The summed E-state index contributed by atoms with van der Waals surface area (Å²) in [5.41, 5.74) is 3.76. The highest BCUT2D eigenvalue weighted by atomic mass is 35.5. The largest absolute Gasteiger partial charge is 0.511 e. The van der Waals surface area contributed by atoms with Gasteiger partial charge >= 0.3 is 15.5 Å². The summed E-state index contributed by atoms with van der Waals surface area (Å²) in [6, 6.07) is 22.8. The summed E-state index contributed by atoms with van der Waals surface area (Å²) in [6.45, 7) is 8.51. The van der Waals surface area contributed by atoms with Crippen LogP contribution in [0.3, 0.4) is 0 Å². The van der Waals surface area contributed by atoms with Crippen LogP contribution in [-0.4, -0.2) is 66.7 Å². The van der Waals surface area contributed by atoms with Gasteiger partial charge in [-0.1, -0.05) is 60.5 Å². The summed E-state index contributed by atoms with van der Waals surface area (Å²) in [5.74, 6) is 0.169. The SMILES string of the molecule is CCC(C)(CCN)OCCC(C)(C)Oc1cc(NC2CCN(S(=O)(=O)C(F)(F)F)CC2)c2cc(C(c3ccc(Cl)cc3)c3ccc(Cl)cc3)ccc2n1. The molecule has 1 unspecified atom stereocenters. The Kier molecular flexibility index (Phi) is 12.9. The summed E-state index contributed by atoms with van der Waals surface area (Å²) in [7, 11) is -5.41. The number of hydrogen-bond donors (Lipinski definition) is 2. The Morgan fingerprint density at radius 3 is 2.00 bits per heavy atom. The lowest BCUT2D eigenvalue weighted by Gasteiger charge is -2.33. The van der Waals surface area contributed by atoms with Crippen molar-refractivity contribution >= 4 is 49.8 Å². The standard InChI is InChI=1S/C39H47Cl2F3N4O4S/c1-5-38(4,18-20-45)51-23-19-37(2,3)52-35-25-34(46-31-16-21-48(22-17-31)53(49,50)39(42,43)44)32-24-28(10-15-33(32)47-35)36(26-6-11-29(40)12-7-26)27-8-13-30(41)14-9-27/h6-15,24-25,31,36H,5,16-23,45H2,1-4H3,(H,46,47). The van der Waals surface area contributed by atoms with Crippen molar-refractivity contribution in [1.29, 1.82) is 0 Å². The fourth-order valence-corrected chi connectivity index (χ4v) is 7.83. The fourth-order valence-electron chi connectivity index (χ4n) is 6.60. The van der Waals surface area contributed by atoms with E-state index in [0.29, 0.717) is 51.0 Å². The average molecular weight is 796 g/mol. The molecule has 1 atom stereocenters. The minimum atomic E-state index is -5.41. The molecule has 3 aromatic carbocycles. The number of piperidine rings is 1. The maximum absolute atomic E-state index is 13.3. The van der Waals surface area contributed by atoms with Gasteiger partial charge in [-0.3, -0.25) is 0 Å². The molecule has 1 saturated heterocycles. The molecule has 0 radical (unpaired) electrons. The monoisotopic (exact) mass is 794 g/mol. The van der Waals surface area contributed by atoms with Crippen LogP contribution in [0.1, 0.15) is 82.4 Å². The van der Waals surface area contributed by atoms with Gasteiger partial charge in [-0.2, -0.15) is 17.5 Å². The number of aromatic nitrogens is 1. The van der Waals surface area contributed by atoms with Crippen LogP contribution in [0.2, 0.25) is 10.0 Å². The number of hydrogen-bond acceptors (Lipinski definition) is 7. The first-order valence-corrected chi connectivity index (χ1v) is 19.9. The lowest BCUT2D eigenvalue weighted by atomic mass is 9.84. The maximum Gasteiger partial charge on any atom is 0.511 e. The summed E-state index contributed by atoms with van der Waals surface area (Å²) < 4.78 is 77.3. The molecular formula is C39H47Cl2F3N4O4S. The molecule has 14 heteroatoms. The lowest BCUT2D eigenvalue weighted by Crippen LogP contribution is -2.47. The Labute approximate surface area is 320 Å². The first kappa shape index (κ1) is 41.0. The minimum absolute atomic E-state index is 0.176. The highest BCUT2D eigenvalue weighted by Crippen LogP contribution is 2.38. The van der Waals surface area contributed by atoms with Crippen molar-refractivity contribution in [1.82, 2.24) is 9.29 Å². The maximum atomic E-state index is 13.3. The molecule has 0 amide bonds. The van der Waals surface area contributed by atoms with Crippen LogP contribution in [0.5, 0.6) is 5.88 Å². The molecule has 288 valence electrons. The average Bonchev–Trinajstić information content (AvgIpc) is 3.10. The Morgan fingerprint density at radius 2 is 1.47 bits per heavy atom. The van der Waals surface area contributed by atoms with Crippen molar-refractivity contribution in [2.75, 3.05) is 31.6 Å². The van der Waals surface area contributed by atoms with Gasteiger partial charge in [0.25, 0.3) is 0 Å². The third-order valence-electron chi connectivity index (χ3n) is 9.95. The van der Waals surface area contributed by atoms with Gasteiger partial charge in [0.15, 0.2) is 0 Å². The number of nitrogens with zero attached hydrogens (tertiary/aromatic N) is 2. The van der Waals surface area contributed by atoms with E-state index in [1.54, 1.807) is 6.07 Å². The topological polar surface area (TPSA) is 107 Å². The fraction of sp³-hybridized carbons (Fsp3) is 0.462. The molecule has 5 rings (SSSR count). The highest BCUT2D eigenvalue weighted by molar-refractivity contribution is 7.90. The van der Waals surface area contributed by atoms with E-state index in [0.717, 1.165) is 34.9 Å².